The van der Waals surface area contributed by atoms with E-state index in [1.54, 1.807) is 7.11 Å². The van der Waals surface area contributed by atoms with Crippen LogP contribution in [0.15, 0.2) is 24.3 Å². The molecular weight excluding hydrogens is 394 g/mol. The number of ether oxygens (including phenoxy) is 1. The van der Waals surface area contributed by atoms with E-state index in [4.69, 9.17) is 17.0 Å². The fourth-order valence-corrected chi connectivity index (χ4v) is 5.92. The standard InChI is InChI=1S/C20H33N3O3S2/c1-15(2)22(16(3)4)11-12-23(18-10-13-28(24,25)14-18)20(27)21-17-6-8-19(26-5)9-7-17/h6-9,15-16,18H,10-14H2,1-5H3,(H,21,27)/p+1/t18-/m0/s1. The van der Waals surface area contributed by atoms with E-state index in [0.717, 1.165) is 24.5 Å². The zero-order valence-electron chi connectivity index (χ0n) is 17.6. The van der Waals surface area contributed by atoms with Crippen LogP contribution in [0.2, 0.25) is 0 Å². The molecule has 0 bridgehead atoms. The highest BCUT2D eigenvalue weighted by atomic mass is 32.2. The van der Waals surface area contributed by atoms with Crippen LogP contribution >= 0.6 is 12.2 Å². The number of hydrogen-bond donors (Lipinski definition) is 2. The van der Waals surface area contributed by atoms with Gasteiger partial charge in [-0.25, -0.2) is 8.42 Å². The second-order valence-electron chi connectivity index (χ2n) is 8.04. The van der Waals surface area contributed by atoms with Crippen LogP contribution in [0.4, 0.5) is 5.69 Å². The van der Waals surface area contributed by atoms with Gasteiger partial charge in [0.2, 0.25) is 0 Å². The van der Waals surface area contributed by atoms with Gasteiger partial charge < -0.3 is 19.9 Å². The molecule has 1 aliphatic heterocycles. The second-order valence-corrected chi connectivity index (χ2v) is 10.7. The van der Waals surface area contributed by atoms with Gasteiger partial charge in [0.1, 0.15) is 5.75 Å². The number of quaternary nitrogens is 1. The van der Waals surface area contributed by atoms with E-state index >= 15 is 0 Å². The molecule has 2 rings (SSSR count). The Kier molecular flexibility index (Phi) is 8.09. The summed E-state index contributed by atoms with van der Waals surface area (Å²) in [7, 11) is -1.35. The van der Waals surface area contributed by atoms with Crippen molar-refractivity contribution in [3.8, 4) is 5.75 Å². The van der Waals surface area contributed by atoms with E-state index in [1.807, 2.05) is 24.3 Å². The molecule has 28 heavy (non-hydrogen) atoms. The Hall–Kier alpha value is -1.38. The molecular formula is C20H34N3O3S2+. The highest BCUT2D eigenvalue weighted by Gasteiger charge is 2.34. The first kappa shape index (κ1) is 22.9. The summed E-state index contributed by atoms with van der Waals surface area (Å²) < 4.78 is 29.3. The van der Waals surface area contributed by atoms with Crippen LogP contribution in [-0.2, 0) is 9.84 Å². The summed E-state index contributed by atoms with van der Waals surface area (Å²) in [4.78, 5) is 3.56. The predicted molar refractivity (Wildman–Crippen MR) is 119 cm³/mol. The highest BCUT2D eigenvalue weighted by Crippen LogP contribution is 2.20. The smallest absolute Gasteiger partial charge is 0.173 e. The molecule has 158 valence electrons. The van der Waals surface area contributed by atoms with Crippen molar-refractivity contribution in [2.75, 3.05) is 37.0 Å². The van der Waals surface area contributed by atoms with Crippen molar-refractivity contribution in [1.82, 2.24) is 4.90 Å². The average Bonchev–Trinajstić information content (AvgIpc) is 2.98. The lowest BCUT2D eigenvalue weighted by Gasteiger charge is -2.34. The van der Waals surface area contributed by atoms with Gasteiger partial charge in [-0.2, -0.15) is 0 Å². The van der Waals surface area contributed by atoms with Gasteiger partial charge in [0.25, 0.3) is 0 Å². The molecule has 1 aliphatic rings. The Morgan fingerprint density at radius 1 is 1.25 bits per heavy atom. The molecule has 1 heterocycles. The number of rotatable bonds is 8. The largest absolute Gasteiger partial charge is 0.497 e. The van der Waals surface area contributed by atoms with Gasteiger partial charge in [-0.05, 0) is 70.6 Å². The van der Waals surface area contributed by atoms with Crippen molar-refractivity contribution in [1.29, 1.82) is 0 Å². The van der Waals surface area contributed by atoms with Crippen LogP contribution in [0.3, 0.4) is 0 Å². The number of hydrogen-bond acceptors (Lipinski definition) is 4. The minimum absolute atomic E-state index is 0.0659. The summed E-state index contributed by atoms with van der Waals surface area (Å²) in [5.74, 6) is 1.20. The molecule has 0 spiro atoms. The molecule has 2 N–H and O–H groups in total. The fraction of sp³-hybridized carbons (Fsp3) is 0.650. The highest BCUT2D eigenvalue weighted by molar-refractivity contribution is 7.91. The predicted octanol–water partition coefficient (Wildman–Crippen LogP) is 1.58. The van der Waals surface area contributed by atoms with Crippen molar-refractivity contribution >= 4 is 32.9 Å². The molecule has 8 heteroatoms. The molecule has 0 amide bonds. The zero-order chi connectivity index (χ0) is 20.9. The summed E-state index contributed by atoms with van der Waals surface area (Å²) in [6.07, 6.45) is 0.630. The molecule has 1 saturated heterocycles. The van der Waals surface area contributed by atoms with Crippen LogP contribution in [0.1, 0.15) is 34.1 Å². The maximum atomic E-state index is 12.0. The Bertz CT molecular complexity index is 740. The topological polar surface area (TPSA) is 63.1 Å². The van der Waals surface area contributed by atoms with Gasteiger partial charge in [-0.15, -0.1) is 0 Å². The summed E-state index contributed by atoms with van der Waals surface area (Å²) in [6.45, 7) is 10.5. The lowest BCUT2D eigenvalue weighted by molar-refractivity contribution is -0.941. The Morgan fingerprint density at radius 3 is 2.32 bits per heavy atom. The summed E-state index contributed by atoms with van der Waals surface area (Å²) in [5.41, 5.74) is 0.869. The van der Waals surface area contributed by atoms with Crippen LogP contribution in [0.5, 0.6) is 5.75 Å². The fourth-order valence-electron chi connectivity index (χ4n) is 3.83. The minimum Gasteiger partial charge on any atom is -0.497 e. The third-order valence-corrected chi connectivity index (χ3v) is 7.46. The maximum Gasteiger partial charge on any atom is 0.173 e. The second kappa shape index (κ2) is 9.89. The molecule has 0 unspecified atom stereocenters. The first-order chi connectivity index (χ1) is 13.1. The molecule has 0 radical (unpaired) electrons. The third-order valence-electron chi connectivity index (χ3n) is 5.38. The normalized spacial score (nSPS) is 18.6. The van der Waals surface area contributed by atoms with Crippen molar-refractivity contribution in [2.45, 2.75) is 52.2 Å². The van der Waals surface area contributed by atoms with Gasteiger partial charge in [0.15, 0.2) is 14.9 Å². The molecule has 6 nitrogen and oxygen atoms in total. The zero-order valence-corrected chi connectivity index (χ0v) is 19.2. The Morgan fingerprint density at radius 2 is 1.86 bits per heavy atom. The van der Waals surface area contributed by atoms with E-state index in [2.05, 4.69) is 37.9 Å². The lowest BCUT2D eigenvalue weighted by Crippen LogP contribution is -3.18. The maximum absolute atomic E-state index is 12.0. The van der Waals surface area contributed by atoms with Gasteiger partial charge in [0.05, 0.1) is 43.8 Å². The van der Waals surface area contributed by atoms with Crippen molar-refractivity contribution in [2.24, 2.45) is 0 Å². The summed E-state index contributed by atoms with van der Waals surface area (Å²) in [5, 5.41) is 3.86. The number of nitrogens with one attached hydrogen (secondary N) is 2. The lowest BCUT2D eigenvalue weighted by atomic mass is 10.2. The van der Waals surface area contributed by atoms with E-state index in [0.29, 0.717) is 23.6 Å². The Balaban J connectivity index is 2.13. The van der Waals surface area contributed by atoms with Gasteiger partial charge in [0, 0.05) is 11.7 Å². The van der Waals surface area contributed by atoms with Crippen LogP contribution in [-0.4, -0.2) is 68.3 Å². The molecule has 1 aromatic carbocycles. The van der Waals surface area contributed by atoms with Crippen molar-refractivity contribution in [3.63, 3.8) is 0 Å². The molecule has 0 saturated carbocycles. The SMILES string of the molecule is COc1ccc(NC(=S)N(CC[NH+](C(C)C)C(C)C)[C@H]2CCS(=O)(=O)C2)cc1. The molecule has 1 aromatic rings. The van der Waals surface area contributed by atoms with Gasteiger partial charge >= 0.3 is 0 Å². The number of sulfone groups is 1. The minimum atomic E-state index is -2.98. The molecule has 0 aromatic heterocycles. The monoisotopic (exact) mass is 428 g/mol. The number of thiocarbonyl (C=S) groups is 1. The molecule has 1 fully saturated rings. The third kappa shape index (κ3) is 6.32. The summed E-state index contributed by atoms with van der Waals surface area (Å²) in [6, 6.07) is 8.50. The van der Waals surface area contributed by atoms with Gasteiger partial charge in [-0.1, -0.05) is 0 Å². The van der Waals surface area contributed by atoms with Crippen LogP contribution < -0.4 is 15.0 Å². The van der Waals surface area contributed by atoms with Crippen LogP contribution in [0.25, 0.3) is 0 Å². The summed E-state index contributed by atoms with van der Waals surface area (Å²) >= 11 is 5.69. The molecule has 0 aliphatic carbocycles. The van der Waals surface area contributed by atoms with Gasteiger partial charge in [-0.3, -0.25) is 0 Å². The van der Waals surface area contributed by atoms with E-state index in [-0.39, 0.29) is 17.5 Å². The quantitative estimate of drug-likeness (QED) is 0.613. The number of benzene rings is 1. The number of anilines is 1. The van der Waals surface area contributed by atoms with E-state index in [9.17, 15) is 8.42 Å². The van der Waals surface area contributed by atoms with E-state index in [1.165, 1.54) is 4.90 Å². The Labute approximate surface area is 175 Å². The van der Waals surface area contributed by atoms with E-state index < -0.39 is 9.84 Å². The average molecular weight is 429 g/mol. The number of methoxy groups -OCH3 is 1. The first-order valence-electron chi connectivity index (χ1n) is 9.90. The van der Waals surface area contributed by atoms with Crippen LogP contribution in [0, 0.1) is 0 Å². The van der Waals surface area contributed by atoms with Crippen molar-refractivity contribution in [3.05, 3.63) is 24.3 Å². The molecule has 1 atom stereocenters. The number of nitrogens with zero attached hydrogens (tertiary/aromatic N) is 1. The first-order valence-corrected chi connectivity index (χ1v) is 12.1. The van der Waals surface area contributed by atoms with Crippen molar-refractivity contribution < 1.29 is 18.1 Å².